The number of hydrogen-bond donors (Lipinski definition) is 0. The average Bonchev–Trinajstić information content (AvgIpc) is 2.82. The first-order valence-electron chi connectivity index (χ1n) is 8.75. The largest absolute Gasteiger partial charge is 0.414 e. The summed E-state index contributed by atoms with van der Waals surface area (Å²) in [4.78, 5) is 0. The molecule has 0 amide bonds. The molecule has 0 heterocycles. The Morgan fingerprint density at radius 1 is 1.05 bits per heavy atom. The Balaban J connectivity index is 2.13. The van der Waals surface area contributed by atoms with Gasteiger partial charge in [-0.25, -0.2) is 0 Å². The van der Waals surface area contributed by atoms with Crippen LogP contribution in [-0.2, 0) is 9.16 Å². The molecule has 118 valence electrons. The summed E-state index contributed by atoms with van der Waals surface area (Å²) < 4.78 is 12.7. The van der Waals surface area contributed by atoms with Gasteiger partial charge in [-0.3, -0.25) is 0 Å². The molecule has 0 saturated heterocycles. The summed E-state index contributed by atoms with van der Waals surface area (Å²) in [7, 11) is 0.424. The van der Waals surface area contributed by atoms with Gasteiger partial charge in [0.05, 0.1) is 6.10 Å². The van der Waals surface area contributed by atoms with Gasteiger partial charge in [-0.1, -0.05) is 34.1 Å². The molecule has 2 rings (SSSR count). The third kappa shape index (κ3) is 2.73. The van der Waals surface area contributed by atoms with E-state index >= 15 is 0 Å². The maximum Gasteiger partial charge on any atom is 0.192 e. The van der Waals surface area contributed by atoms with Gasteiger partial charge in [-0.15, -0.1) is 0 Å². The van der Waals surface area contributed by atoms with E-state index in [9.17, 15) is 0 Å². The van der Waals surface area contributed by atoms with E-state index < -0.39 is 8.32 Å². The highest BCUT2D eigenvalue weighted by Gasteiger charge is 2.53. The summed E-state index contributed by atoms with van der Waals surface area (Å²) >= 11 is 0. The Labute approximate surface area is 126 Å². The average molecular weight is 299 g/mol. The summed E-state index contributed by atoms with van der Waals surface area (Å²) in [6.07, 6.45) is 7.44. The zero-order valence-corrected chi connectivity index (χ0v) is 15.2. The fourth-order valence-electron chi connectivity index (χ4n) is 4.92. The summed E-state index contributed by atoms with van der Waals surface area (Å²) in [5.41, 5.74) is 0.368. The van der Waals surface area contributed by atoms with E-state index in [1.54, 1.807) is 0 Å². The summed E-state index contributed by atoms with van der Waals surface area (Å²) in [5.74, 6) is 0.734. The lowest BCUT2D eigenvalue weighted by atomic mass is 9.67. The Bertz CT molecular complexity index is 308. The molecule has 3 heteroatoms. The zero-order valence-electron chi connectivity index (χ0n) is 14.2. The van der Waals surface area contributed by atoms with Crippen LogP contribution >= 0.6 is 0 Å². The standard InChI is InChI=1S/C17H34O2Si/c1-6-20(7-2,8-3)19-15-10-9-13-17(4)14(15)11-12-16(17)18-5/h14-16H,6-13H2,1-5H3/t14-,15-,16-,17-/m0/s1. The summed E-state index contributed by atoms with van der Waals surface area (Å²) in [6.45, 7) is 9.48. The minimum atomic E-state index is -1.47. The Hall–Kier alpha value is 0.137. The van der Waals surface area contributed by atoms with Crippen molar-refractivity contribution >= 4 is 8.32 Å². The second-order valence-corrected chi connectivity index (χ2v) is 11.9. The lowest BCUT2D eigenvalue weighted by molar-refractivity contribution is -0.0585. The van der Waals surface area contributed by atoms with Crippen molar-refractivity contribution in [2.75, 3.05) is 7.11 Å². The molecule has 4 atom stereocenters. The van der Waals surface area contributed by atoms with Gasteiger partial charge < -0.3 is 9.16 Å². The van der Waals surface area contributed by atoms with Crippen molar-refractivity contribution in [1.82, 2.24) is 0 Å². The zero-order chi connectivity index (χ0) is 14.8. The molecule has 0 N–H and O–H groups in total. The molecule has 0 aromatic heterocycles. The van der Waals surface area contributed by atoms with Gasteiger partial charge in [-0.05, 0) is 55.1 Å². The molecule has 0 bridgehead atoms. The second kappa shape index (κ2) is 6.49. The van der Waals surface area contributed by atoms with Crippen molar-refractivity contribution in [2.45, 2.75) is 90.1 Å². The van der Waals surface area contributed by atoms with Crippen LogP contribution in [0.3, 0.4) is 0 Å². The number of ether oxygens (including phenoxy) is 1. The molecular weight excluding hydrogens is 264 g/mol. The lowest BCUT2D eigenvalue weighted by Gasteiger charge is -2.47. The lowest BCUT2D eigenvalue weighted by Crippen LogP contribution is -2.49. The van der Waals surface area contributed by atoms with Crippen molar-refractivity contribution in [1.29, 1.82) is 0 Å². The van der Waals surface area contributed by atoms with Crippen LogP contribution in [0.15, 0.2) is 0 Å². The van der Waals surface area contributed by atoms with Gasteiger partial charge in [0, 0.05) is 13.2 Å². The molecule has 0 spiro atoms. The van der Waals surface area contributed by atoms with Gasteiger partial charge in [0.2, 0.25) is 0 Å². The van der Waals surface area contributed by atoms with Gasteiger partial charge in [0.15, 0.2) is 8.32 Å². The Morgan fingerprint density at radius 3 is 2.25 bits per heavy atom. The topological polar surface area (TPSA) is 18.5 Å². The molecule has 2 saturated carbocycles. The predicted molar refractivity (Wildman–Crippen MR) is 87.5 cm³/mol. The molecule has 0 aliphatic heterocycles. The fourth-order valence-corrected chi connectivity index (χ4v) is 7.85. The molecule has 0 aromatic rings. The normalized spacial score (nSPS) is 38.0. The monoisotopic (exact) mass is 298 g/mol. The molecule has 20 heavy (non-hydrogen) atoms. The van der Waals surface area contributed by atoms with E-state index in [4.69, 9.17) is 9.16 Å². The van der Waals surface area contributed by atoms with Crippen LogP contribution in [0.25, 0.3) is 0 Å². The highest BCUT2D eigenvalue weighted by Crippen LogP contribution is 2.54. The quantitative estimate of drug-likeness (QED) is 0.643. The first-order chi connectivity index (χ1) is 9.55. The van der Waals surface area contributed by atoms with Crippen molar-refractivity contribution in [2.24, 2.45) is 11.3 Å². The first-order valence-corrected chi connectivity index (χ1v) is 11.3. The third-order valence-electron chi connectivity index (χ3n) is 6.59. The van der Waals surface area contributed by atoms with Crippen LogP contribution in [0.2, 0.25) is 18.1 Å². The van der Waals surface area contributed by atoms with Gasteiger partial charge in [-0.2, -0.15) is 0 Å². The highest BCUT2D eigenvalue weighted by atomic mass is 28.4. The van der Waals surface area contributed by atoms with E-state index in [0.29, 0.717) is 17.6 Å². The number of rotatable bonds is 6. The number of fused-ring (bicyclic) bond motifs is 1. The van der Waals surface area contributed by atoms with Gasteiger partial charge in [0.25, 0.3) is 0 Å². The van der Waals surface area contributed by atoms with E-state index in [2.05, 4.69) is 27.7 Å². The smallest absolute Gasteiger partial charge is 0.192 e. The van der Waals surface area contributed by atoms with Crippen molar-refractivity contribution < 1.29 is 9.16 Å². The molecule has 2 fully saturated rings. The van der Waals surface area contributed by atoms with E-state index in [1.165, 1.54) is 50.2 Å². The number of hydrogen-bond acceptors (Lipinski definition) is 2. The minimum Gasteiger partial charge on any atom is -0.414 e. The first kappa shape index (κ1) is 16.5. The van der Waals surface area contributed by atoms with Crippen molar-refractivity contribution in [3.63, 3.8) is 0 Å². The van der Waals surface area contributed by atoms with E-state index in [-0.39, 0.29) is 0 Å². The molecular formula is C17H34O2Si. The predicted octanol–water partition coefficient (Wildman–Crippen LogP) is 4.99. The molecule has 0 radical (unpaired) electrons. The number of methoxy groups -OCH3 is 1. The highest BCUT2D eigenvalue weighted by molar-refractivity contribution is 6.73. The Morgan fingerprint density at radius 2 is 1.70 bits per heavy atom. The maximum atomic E-state index is 6.88. The maximum absolute atomic E-state index is 6.88. The molecule has 2 aliphatic rings. The second-order valence-electron chi connectivity index (χ2n) is 7.21. The molecule has 2 aliphatic carbocycles. The fraction of sp³-hybridized carbons (Fsp3) is 1.00. The van der Waals surface area contributed by atoms with E-state index in [0.717, 1.165) is 5.92 Å². The van der Waals surface area contributed by atoms with Crippen LogP contribution in [0.4, 0.5) is 0 Å². The van der Waals surface area contributed by atoms with E-state index in [1.807, 2.05) is 7.11 Å². The van der Waals surface area contributed by atoms with Gasteiger partial charge in [0.1, 0.15) is 0 Å². The minimum absolute atomic E-state index is 0.368. The van der Waals surface area contributed by atoms with Crippen LogP contribution in [0.1, 0.15) is 59.8 Å². The van der Waals surface area contributed by atoms with Gasteiger partial charge >= 0.3 is 0 Å². The molecule has 0 aromatic carbocycles. The summed E-state index contributed by atoms with van der Waals surface area (Å²) in [6, 6.07) is 3.81. The van der Waals surface area contributed by atoms with Crippen LogP contribution < -0.4 is 0 Å². The van der Waals surface area contributed by atoms with Crippen LogP contribution in [-0.4, -0.2) is 27.6 Å². The summed E-state index contributed by atoms with van der Waals surface area (Å²) in [5, 5.41) is 0. The molecule has 0 unspecified atom stereocenters. The van der Waals surface area contributed by atoms with Crippen LogP contribution in [0, 0.1) is 11.3 Å². The van der Waals surface area contributed by atoms with Crippen molar-refractivity contribution in [3.8, 4) is 0 Å². The molecule has 2 nitrogen and oxygen atoms in total. The SMILES string of the molecule is CC[Si](CC)(CC)O[C@H]1CCC[C@]2(C)[C@@H](OC)CC[C@@H]12. The third-order valence-corrected chi connectivity index (χ3v) is 11.3. The van der Waals surface area contributed by atoms with Crippen molar-refractivity contribution in [3.05, 3.63) is 0 Å². The Kier molecular flexibility index (Phi) is 5.36. The van der Waals surface area contributed by atoms with Crippen LogP contribution in [0.5, 0.6) is 0 Å².